The predicted octanol–water partition coefficient (Wildman–Crippen LogP) is 3.97. The largest absolute Gasteiger partial charge is 0.389 e. The fourth-order valence-corrected chi connectivity index (χ4v) is 3.11. The van der Waals surface area contributed by atoms with E-state index in [1.165, 1.54) is 5.39 Å². The number of halogens is 1. The van der Waals surface area contributed by atoms with E-state index in [0.717, 1.165) is 17.6 Å². The zero-order chi connectivity index (χ0) is 16.2. The van der Waals surface area contributed by atoms with Crippen LogP contribution in [-0.4, -0.2) is 40.8 Å². The van der Waals surface area contributed by atoms with Crippen LogP contribution in [0.2, 0.25) is 0 Å². The standard InChI is InChI=1S/C20H24N2O.ClH/c1-3-21(2)15-19(23)20(17-10-5-4-6-11-17)22-14-13-16-9-7-8-12-18(16)22;/h4-14,19-20,23H,3,15H2,1-2H3;1H. The predicted molar refractivity (Wildman–Crippen MR) is 103 cm³/mol. The van der Waals surface area contributed by atoms with E-state index in [-0.39, 0.29) is 18.4 Å². The van der Waals surface area contributed by atoms with Crippen LogP contribution < -0.4 is 0 Å². The number of benzene rings is 2. The van der Waals surface area contributed by atoms with Crippen molar-refractivity contribution in [1.29, 1.82) is 0 Å². The minimum Gasteiger partial charge on any atom is -0.389 e. The molecular formula is C20H25ClN2O. The van der Waals surface area contributed by atoms with E-state index < -0.39 is 6.10 Å². The van der Waals surface area contributed by atoms with Gasteiger partial charge in [-0.05, 0) is 36.7 Å². The summed E-state index contributed by atoms with van der Waals surface area (Å²) in [6.07, 6.45) is 1.61. The van der Waals surface area contributed by atoms with Crippen LogP contribution in [0.3, 0.4) is 0 Å². The summed E-state index contributed by atoms with van der Waals surface area (Å²) in [5.41, 5.74) is 2.28. The number of hydrogen-bond acceptors (Lipinski definition) is 2. The molecule has 0 saturated heterocycles. The van der Waals surface area contributed by atoms with Gasteiger partial charge in [0.25, 0.3) is 0 Å². The monoisotopic (exact) mass is 344 g/mol. The molecule has 3 rings (SSSR count). The third kappa shape index (κ3) is 3.81. The van der Waals surface area contributed by atoms with Crippen molar-refractivity contribution in [3.05, 3.63) is 72.4 Å². The van der Waals surface area contributed by atoms with Gasteiger partial charge in [-0.25, -0.2) is 0 Å². The smallest absolute Gasteiger partial charge is 0.0915 e. The van der Waals surface area contributed by atoms with Crippen molar-refractivity contribution < 1.29 is 5.11 Å². The maximum absolute atomic E-state index is 10.9. The van der Waals surface area contributed by atoms with Gasteiger partial charge in [0.05, 0.1) is 12.1 Å². The molecule has 0 aliphatic rings. The molecule has 1 heterocycles. The summed E-state index contributed by atoms with van der Waals surface area (Å²) in [6.45, 7) is 3.67. The molecule has 2 unspecified atom stereocenters. The number of rotatable bonds is 6. The highest BCUT2D eigenvalue weighted by atomic mass is 35.5. The minimum atomic E-state index is -0.474. The fourth-order valence-electron chi connectivity index (χ4n) is 3.11. The number of para-hydroxylation sites is 1. The molecule has 0 bridgehead atoms. The van der Waals surface area contributed by atoms with Crippen molar-refractivity contribution in [3.63, 3.8) is 0 Å². The molecule has 4 heteroatoms. The average Bonchev–Trinajstić information content (AvgIpc) is 3.00. The normalized spacial score (nSPS) is 13.7. The molecule has 0 radical (unpaired) electrons. The molecule has 24 heavy (non-hydrogen) atoms. The van der Waals surface area contributed by atoms with E-state index in [0.29, 0.717) is 6.54 Å². The van der Waals surface area contributed by atoms with Crippen molar-refractivity contribution in [2.75, 3.05) is 20.1 Å². The number of aromatic nitrogens is 1. The molecular weight excluding hydrogens is 320 g/mol. The zero-order valence-electron chi connectivity index (χ0n) is 14.2. The van der Waals surface area contributed by atoms with Crippen LogP contribution in [0.1, 0.15) is 18.5 Å². The van der Waals surface area contributed by atoms with Gasteiger partial charge >= 0.3 is 0 Å². The van der Waals surface area contributed by atoms with Gasteiger partial charge in [-0.2, -0.15) is 0 Å². The topological polar surface area (TPSA) is 28.4 Å². The molecule has 0 aliphatic carbocycles. The molecule has 2 atom stereocenters. The molecule has 0 spiro atoms. The van der Waals surface area contributed by atoms with Crippen LogP contribution in [0.5, 0.6) is 0 Å². The molecule has 0 fully saturated rings. The fraction of sp³-hybridized carbons (Fsp3) is 0.300. The van der Waals surface area contributed by atoms with Gasteiger partial charge in [-0.3, -0.25) is 0 Å². The second-order valence-corrected chi connectivity index (χ2v) is 6.06. The number of fused-ring (bicyclic) bond motifs is 1. The zero-order valence-corrected chi connectivity index (χ0v) is 15.0. The summed E-state index contributed by atoms with van der Waals surface area (Å²) in [7, 11) is 2.04. The Kier molecular flexibility index (Phi) is 6.44. The average molecular weight is 345 g/mol. The van der Waals surface area contributed by atoms with Crippen molar-refractivity contribution in [1.82, 2.24) is 9.47 Å². The highest BCUT2D eigenvalue weighted by Gasteiger charge is 2.24. The van der Waals surface area contributed by atoms with Crippen LogP contribution in [0, 0.1) is 0 Å². The Hall–Kier alpha value is -1.81. The van der Waals surface area contributed by atoms with E-state index in [1.54, 1.807) is 0 Å². The van der Waals surface area contributed by atoms with E-state index in [9.17, 15) is 5.11 Å². The number of nitrogens with zero attached hydrogens (tertiary/aromatic N) is 2. The van der Waals surface area contributed by atoms with Gasteiger partial charge < -0.3 is 14.6 Å². The van der Waals surface area contributed by atoms with Crippen LogP contribution in [0.4, 0.5) is 0 Å². The van der Waals surface area contributed by atoms with Crippen LogP contribution >= 0.6 is 12.4 Å². The number of hydrogen-bond donors (Lipinski definition) is 1. The molecule has 2 aromatic carbocycles. The number of aliphatic hydroxyl groups is 1. The SMILES string of the molecule is CCN(C)CC(O)C(c1ccccc1)n1ccc2ccccc21.Cl. The van der Waals surface area contributed by atoms with Crippen molar-refractivity contribution in [2.24, 2.45) is 0 Å². The van der Waals surface area contributed by atoms with E-state index in [1.807, 2.05) is 37.4 Å². The summed E-state index contributed by atoms with van der Waals surface area (Å²) in [5, 5.41) is 12.1. The van der Waals surface area contributed by atoms with Gasteiger partial charge in [0, 0.05) is 18.3 Å². The third-order valence-corrected chi connectivity index (χ3v) is 4.47. The lowest BCUT2D eigenvalue weighted by molar-refractivity contribution is 0.0940. The quantitative estimate of drug-likeness (QED) is 0.733. The Bertz CT molecular complexity index is 756. The highest BCUT2D eigenvalue weighted by molar-refractivity contribution is 5.85. The maximum Gasteiger partial charge on any atom is 0.0915 e. The lowest BCUT2D eigenvalue weighted by Gasteiger charge is -2.29. The molecule has 128 valence electrons. The second kappa shape index (κ2) is 8.34. The van der Waals surface area contributed by atoms with Crippen molar-refractivity contribution in [2.45, 2.75) is 19.1 Å². The minimum absolute atomic E-state index is 0. The Morgan fingerprint density at radius 2 is 1.67 bits per heavy atom. The van der Waals surface area contributed by atoms with Gasteiger partial charge in [0.1, 0.15) is 0 Å². The molecule has 3 nitrogen and oxygen atoms in total. The Balaban J connectivity index is 0.00000208. The molecule has 0 amide bonds. The summed E-state index contributed by atoms with van der Waals surface area (Å²) in [5.74, 6) is 0. The van der Waals surface area contributed by atoms with E-state index in [4.69, 9.17) is 0 Å². The molecule has 0 aliphatic heterocycles. The summed E-state index contributed by atoms with van der Waals surface area (Å²) in [4.78, 5) is 2.15. The lowest BCUT2D eigenvalue weighted by Crippen LogP contribution is -2.36. The van der Waals surface area contributed by atoms with E-state index >= 15 is 0 Å². The first-order chi connectivity index (χ1) is 11.2. The first kappa shape index (κ1) is 18.5. The molecule has 3 aromatic rings. The molecule has 0 saturated carbocycles. The van der Waals surface area contributed by atoms with Gasteiger partial charge in [0.2, 0.25) is 0 Å². The molecule has 1 aromatic heterocycles. The Morgan fingerprint density at radius 1 is 1.00 bits per heavy atom. The van der Waals surface area contributed by atoms with Crippen molar-refractivity contribution >= 4 is 23.3 Å². The van der Waals surface area contributed by atoms with Crippen LogP contribution in [-0.2, 0) is 0 Å². The summed E-state index contributed by atoms with van der Waals surface area (Å²) in [6, 6.07) is 20.6. The number of likely N-dealkylation sites (N-methyl/N-ethyl adjacent to an activating group) is 1. The van der Waals surface area contributed by atoms with Crippen LogP contribution in [0.25, 0.3) is 10.9 Å². The summed E-state index contributed by atoms with van der Waals surface area (Å²) >= 11 is 0. The van der Waals surface area contributed by atoms with Crippen LogP contribution in [0.15, 0.2) is 66.9 Å². The third-order valence-electron chi connectivity index (χ3n) is 4.47. The Labute approximate surface area is 149 Å². The second-order valence-electron chi connectivity index (χ2n) is 6.06. The first-order valence-corrected chi connectivity index (χ1v) is 8.18. The molecule has 1 N–H and O–H groups in total. The van der Waals surface area contributed by atoms with Gasteiger partial charge in [0.15, 0.2) is 0 Å². The Morgan fingerprint density at radius 3 is 2.38 bits per heavy atom. The highest BCUT2D eigenvalue weighted by Crippen LogP contribution is 2.28. The van der Waals surface area contributed by atoms with Gasteiger partial charge in [-0.1, -0.05) is 55.5 Å². The van der Waals surface area contributed by atoms with Gasteiger partial charge in [-0.15, -0.1) is 12.4 Å². The maximum atomic E-state index is 10.9. The summed E-state index contributed by atoms with van der Waals surface area (Å²) < 4.78 is 2.19. The lowest BCUT2D eigenvalue weighted by atomic mass is 10.0. The first-order valence-electron chi connectivity index (χ1n) is 8.18. The number of aliphatic hydroxyl groups excluding tert-OH is 1. The van der Waals surface area contributed by atoms with E-state index in [2.05, 4.69) is 52.9 Å². The van der Waals surface area contributed by atoms with Crippen molar-refractivity contribution in [3.8, 4) is 0 Å².